The van der Waals surface area contributed by atoms with Crippen molar-refractivity contribution in [1.82, 2.24) is 0 Å². The van der Waals surface area contributed by atoms with Crippen molar-refractivity contribution in [2.24, 2.45) is 0 Å². The van der Waals surface area contributed by atoms with Gasteiger partial charge in [-0.2, -0.15) is 0 Å². The maximum atomic E-state index is 6.17. The Labute approximate surface area is 314 Å². The topological polar surface area (TPSA) is 16.4 Å². The molecule has 10 rings (SSSR count). The van der Waals surface area contributed by atoms with Crippen molar-refractivity contribution in [1.29, 1.82) is 0 Å². The lowest BCUT2D eigenvalue weighted by atomic mass is 9.98. The molecule has 0 amide bonds. The molecule has 2 nitrogen and oxygen atoms in total. The first-order chi connectivity index (χ1) is 26.7. The fraction of sp³-hybridized carbons (Fsp3) is 0. The van der Waals surface area contributed by atoms with Crippen molar-refractivity contribution in [3.05, 3.63) is 212 Å². The van der Waals surface area contributed by atoms with Gasteiger partial charge in [-0.15, -0.1) is 0 Å². The van der Waals surface area contributed by atoms with Gasteiger partial charge in [0.2, 0.25) is 0 Å². The molecule has 0 aliphatic heterocycles. The third-order valence-corrected chi connectivity index (χ3v) is 10.5. The second-order valence-corrected chi connectivity index (χ2v) is 13.8. The van der Waals surface area contributed by atoms with E-state index in [9.17, 15) is 0 Å². The molecule has 0 saturated heterocycles. The molecule has 10 aromatic rings. The molecule has 0 radical (unpaired) electrons. The first kappa shape index (κ1) is 31.6. The summed E-state index contributed by atoms with van der Waals surface area (Å²) in [5, 5.41) is 4.72. The number of hydrogen-bond acceptors (Lipinski definition) is 2. The number of anilines is 3. The lowest BCUT2D eigenvalue weighted by molar-refractivity contribution is 0.669. The van der Waals surface area contributed by atoms with E-state index < -0.39 is 0 Å². The molecule has 0 fully saturated rings. The van der Waals surface area contributed by atoms with Gasteiger partial charge in [-0.05, 0) is 104 Å². The highest BCUT2D eigenvalue weighted by molar-refractivity contribution is 6.06. The Balaban J connectivity index is 0.973. The zero-order valence-corrected chi connectivity index (χ0v) is 29.6. The molecule has 0 bridgehead atoms. The summed E-state index contributed by atoms with van der Waals surface area (Å²) in [6.07, 6.45) is 0. The Morgan fingerprint density at radius 2 is 0.722 bits per heavy atom. The van der Waals surface area contributed by atoms with Crippen LogP contribution in [0.15, 0.2) is 217 Å². The molecule has 0 aliphatic rings. The van der Waals surface area contributed by atoms with Gasteiger partial charge in [0.05, 0.1) is 5.69 Å². The minimum atomic E-state index is 0.913. The molecule has 0 saturated carbocycles. The lowest BCUT2D eigenvalue weighted by Crippen LogP contribution is -2.10. The second kappa shape index (κ2) is 13.4. The Kier molecular flexibility index (Phi) is 7.85. The molecule has 0 atom stereocenters. The van der Waals surface area contributed by atoms with E-state index in [-0.39, 0.29) is 0 Å². The van der Waals surface area contributed by atoms with Gasteiger partial charge in [0.15, 0.2) is 0 Å². The van der Waals surface area contributed by atoms with E-state index >= 15 is 0 Å². The largest absolute Gasteiger partial charge is 0.456 e. The van der Waals surface area contributed by atoms with E-state index in [0.29, 0.717) is 0 Å². The summed E-state index contributed by atoms with van der Waals surface area (Å²) >= 11 is 0. The molecule has 1 aromatic heterocycles. The van der Waals surface area contributed by atoms with Crippen molar-refractivity contribution in [2.75, 3.05) is 4.90 Å². The SMILES string of the molecule is c1ccc(-c2cccc(-c3ccc(N(c4ccc(-c5ccc(-c6ccc7c(c6)oc6ccccc67)cc5)cc4)c4cccc5ccccc45)cc3)c2)cc1. The molecule has 0 N–H and O–H groups in total. The molecule has 0 aliphatic carbocycles. The second-order valence-electron chi connectivity index (χ2n) is 13.8. The van der Waals surface area contributed by atoms with E-state index in [1.165, 1.54) is 44.2 Å². The smallest absolute Gasteiger partial charge is 0.136 e. The van der Waals surface area contributed by atoms with Crippen LogP contribution in [0.1, 0.15) is 0 Å². The van der Waals surface area contributed by atoms with Gasteiger partial charge < -0.3 is 9.32 Å². The summed E-state index contributed by atoms with van der Waals surface area (Å²) in [7, 11) is 0. The van der Waals surface area contributed by atoms with Crippen LogP contribution in [0.5, 0.6) is 0 Å². The average Bonchev–Trinajstić information content (AvgIpc) is 3.63. The van der Waals surface area contributed by atoms with Crippen LogP contribution < -0.4 is 4.90 Å². The van der Waals surface area contributed by atoms with Crippen molar-refractivity contribution in [2.45, 2.75) is 0 Å². The van der Waals surface area contributed by atoms with Crippen molar-refractivity contribution >= 4 is 49.8 Å². The zero-order chi connectivity index (χ0) is 35.8. The van der Waals surface area contributed by atoms with Gasteiger partial charge in [0.25, 0.3) is 0 Å². The summed E-state index contributed by atoms with van der Waals surface area (Å²) in [6, 6.07) is 75.9. The van der Waals surface area contributed by atoms with Crippen LogP contribution in [-0.4, -0.2) is 0 Å². The number of hydrogen-bond donors (Lipinski definition) is 0. The number of rotatable bonds is 7. The standard InChI is InChI=1S/C52H35NO/c1-2-10-36(11-3-1)42-14-8-15-43(34-42)40-26-31-46(32-27-40)53(50-18-9-13-41-12-4-5-16-47(41)50)45-29-24-38(25-30-45)37-20-22-39(23-21-37)44-28-33-49-48-17-6-7-19-51(48)54-52(49)35-44/h1-35H. The first-order valence-corrected chi connectivity index (χ1v) is 18.4. The summed E-state index contributed by atoms with van der Waals surface area (Å²) in [6.45, 7) is 0. The first-order valence-electron chi connectivity index (χ1n) is 18.4. The number of benzene rings is 9. The molecule has 254 valence electrons. The molecule has 0 unspecified atom stereocenters. The number of fused-ring (bicyclic) bond motifs is 4. The highest BCUT2D eigenvalue weighted by Crippen LogP contribution is 2.41. The van der Waals surface area contributed by atoms with Crippen LogP contribution >= 0.6 is 0 Å². The predicted octanol–water partition coefficient (Wildman–Crippen LogP) is 14.9. The molecule has 0 spiro atoms. The Bertz CT molecular complexity index is 2900. The van der Waals surface area contributed by atoms with Crippen molar-refractivity contribution in [3.63, 3.8) is 0 Å². The maximum Gasteiger partial charge on any atom is 0.136 e. The van der Waals surface area contributed by atoms with Crippen LogP contribution in [0.2, 0.25) is 0 Å². The van der Waals surface area contributed by atoms with E-state index in [2.05, 4.69) is 205 Å². The fourth-order valence-electron chi connectivity index (χ4n) is 7.71. The molecule has 1 heterocycles. The van der Waals surface area contributed by atoms with E-state index in [1.807, 2.05) is 12.1 Å². The quantitative estimate of drug-likeness (QED) is 0.166. The van der Waals surface area contributed by atoms with Crippen molar-refractivity contribution in [3.8, 4) is 44.5 Å². The highest BCUT2D eigenvalue weighted by atomic mass is 16.3. The van der Waals surface area contributed by atoms with Gasteiger partial charge in [-0.1, -0.05) is 158 Å². The minimum Gasteiger partial charge on any atom is -0.456 e. The summed E-state index contributed by atoms with van der Waals surface area (Å²) < 4.78 is 6.17. The lowest BCUT2D eigenvalue weighted by Gasteiger charge is -2.27. The van der Waals surface area contributed by atoms with Crippen LogP contribution in [0.3, 0.4) is 0 Å². The van der Waals surface area contributed by atoms with Gasteiger partial charge in [-0.3, -0.25) is 0 Å². The average molecular weight is 690 g/mol. The predicted molar refractivity (Wildman–Crippen MR) is 228 cm³/mol. The normalized spacial score (nSPS) is 11.3. The highest BCUT2D eigenvalue weighted by Gasteiger charge is 2.16. The summed E-state index contributed by atoms with van der Waals surface area (Å²) in [4.78, 5) is 2.37. The zero-order valence-electron chi connectivity index (χ0n) is 29.6. The number of furan rings is 1. The number of nitrogens with zero attached hydrogens (tertiary/aromatic N) is 1. The monoisotopic (exact) mass is 689 g/mol. The summed E-state index contributed by atoms with van der Waals surface area (Å²) in [5.41, 5.74) is 14.7. The fourth-order valence-corrected chi connectivity index (χ4v) is 7.71. The maximum absolute atomic E-state index is 6.17. The van der Waals surface area contributed by atoms with E-state index in [0.717, 1.165) is 50.1 Å². The molecule has 54 heavy (non-hydrogen) atoms. The number of para-hydroxylation sites is 1. The van der Waals surface area contributed by atoms with Crippen LogP contribution in [-0.2, 0) is 0 Å². The Morgan fingerprint density at radius 3 is 1.41 bits per heavy atom. The third-order valence-electron chi connectivity index (χ3n) is 10.5. The van der Waals surface area contributed by atoms with Crippen LogP contribution in [0.4, 0.5) is 17.1 Å². The Hall–Kier alpha value is -7.16. The van der Waals surface area contributed by atoms with Crippen LogP contribution in [0.25, 0.3) is 77.2 Å². The third kappa shape index (κ3) is 5.81. The summed E-state index contributed by atoms with van der Waals surface area (Å²) in [5.74, 6) is 0. The van der Waals surface area contributed by atoms with Crippen molar-refractivity contribution < 1.29 is 4.42 Å². The minimum absolute atomic E-state index is 0.913. The molecule has 9 aromatic carbocycles. The van der Waals surface area contributed by atoms with E-state index in [4.69, 9.17) is 4.42 Å². The Morgan fingerprint density at radius 1 is 0.278 bits per heavy atom. The van der Waals surface area contributed by atoms with Gasteiger partial charge in [0, 0.05) is 27.5 Å². The molecule has 2 heteroatoms. The van der Waals surface area contributed by atoms with Gasteiger partial charge in [0.1, 0.15) is 11.2 Å². The van der Waals surface area contributed by atoms with E-state index in [1.54, 1.807) is 0 Å². The van der Waals surface area contributed by atoms with Gasteiger partial charge in [-0.25, -0.2) is 0 Å². The molecular weight excluding hydrogens is 655 g/mol. The molecular formula is C52H35NO. The van der Waals surface area contributed by atoms with Crippen LogP contribution in [0, 0.1) is 0 Å². The van der Waals surface area contributed by atoms with Gasteiger partial charge >= 0.3 is 0 Å².